The molecule has 0 aromatic carbocycles. The summed E-state index contributed by atoms with van der Waals surface area (Å²) in [6.07, 6.45) is 1.11. The number of piperazine rings is 1. The Hall–Kier alpha value is -1.70. The predicted molar refractivity (Wildman–Crippen MR) is 85.6 cm³/mol. The van der Waals surface area contributed by atoms with Gasteiger partial charge in [-0.25, -0.2) is 4.98 Å². The maximum atomic E-state index is 12.6. The van der Waals surface area contributed by atoms with Gasteiger partial charge in [-0.05, 0) is 19.1 Å². The van der Waals surface area contributed by atoms with Gasteiger partial charge in [0, 0.05) is 45.5 Å². The number of carbonyl (C=O) groups is 1. The lowest BCUT2D eigenvalue weighted by atomic mass is 10.2. The molecule has 0 bridgehead atoms. The molecule has 0 aliphatic carbocycles. The summed E-state index contributed by atoms with van der Waals surface area (Å²) in [4.78, 5) is 20.6. The first-order valence-electron chi connectivity index (χ1n) is 7.92. The number of aliphatic hydroxyl groups excluding tert-OH is 1. The van der Waals surface area contributed by atoms with Crippen molar-refractivity contribution in [2.75, 3.05) is 53.0 Å². The summed E-state index contributed by atoms with van der Waals surface area (Å²) in [6, 6.07) is 3.46. The standard InChI is InChI=1S/C16H25N3O4/c1-3-23-12-13(20)11-18-7-9-19(10-8-18)16(21)14-5-4-6-17-15(14)22-2/h4-6,13,20H,3,7-12H2,1-2H3/t13-/m0/s1. The van der Waals surface area contributed by atoms with Crippen molar-refractivity contribution in [1.82, 2.24) is 14.8 Å². The lowest BCUT2D eigenvalue weighted by Gasteiger charge is -2.35. The van der Waals surface area contributed by atoms with Crippen LogP contribution in [0.25, 0.3) is 0 Å². The maximum Gasteiger partial charge on any atom is 0.259 e. The molecule has 7 heteroatoms. The molecule has 7 nitrogen and oxygen atoms in total. The Morgan fingerprint density at radius 2 is 2.13 bits per heavy atom. The van der Waals surface area contributed by atoms with Gasteiger partial charge in [-0.3, -0.25) is 9.69 Å². The molecule has 1 aromatic heterocycles. The summed E-state index contributed by atoms with van der Waals surface area (Å²) in [5.41, 5.74) is 0.486. The Bertz CT molecular complexity index is 504. The van der Waals surface area contributed by atoms with Crippen molar-refractivity contribution in [1.29, 1.82) is 0 Å². The molecule has 1 aliphatic rings. The van der Waals surface area contributed by atoms with Crippen LogP contribution in [0, 0.1) is 0 Å². The van der Waals surface area contributed by atoms with Gasteiger partial charge in [-0.1, -0.05) is 0 Å². The van der Waals surface area contributed by atoms with Crippen LogP contribution in [0.1, 0.15) is 17.3 Å². The molecular formula is C16H25N3O4. The molecule has 1 amide bonds. The summed E-state index contributed by atoms with van der Waals surface area (Å²) in [6.45, 7) is 6.14. The van der Waals surface area contributed by atoms with Crippen LogP contribution in [-0.2, 0) is 4.74 Å². The van der Waals surface area contributed by atoms with E-state index in [2.05, 4.69) is 9.88 Å². The summed E-state index contributed by atoms with van der Waals surface area (Å²) in [7, 11) is 1.51. The van der Waals surface area contributed by atoms with Gasteiger partial charge in [0.2, 0.25) is 5.88 Å². The summed E-state index contributed by atoms with van der Waals surface area (Å²) in [5.74, 6) is 0.288. The van der Waals surface area contributed by atoms with E-state index in [4.69, 9.17) is 9.47 Å². The number of aromatic nitrogens is 1. The van der Waals surface area contributed by atoms with Crippen molar-refractivity contribution >= 4 is 5.91 Å². The van der Waals surface area contributed by atoms with E-state index in [1.165, 1.54) is 7.11 Å². The van der Waals surface area contributed by atoms with Crippen LogP contribution >= 0.6 is 0 Å². The normalized spacial score (nSPS) is 17.1. The number of amides is 1. The second-order valence-corrected chi connectivity index (χ2v) is 5.47. The number of aliphatic hydroxyl groups is 1. The van der Waals surface area contributed by atoms with E-state index < -0.39 is 6.10 Å². The van der Waals surface area contributed by atoms with Crippen molar-refractivity contribution in [3.8, 4) is 5.88 Å². The summed E-state index contributed by atoms with van der Waals surface area (Å²) < 4.78 is 10.4. The van der Waals surface area contributed by atoms with Crippen molar-refractivity contribution in [2.24, 2.45) is 0 Å². The van der Waals surface area contributed by atoms with Crippen molar-refractivity contribution < 1.29 is 19.4 Å². The molecule has 1 saturated heterocycles. The van der Waals surface area contributed by atoms with Gasteiger partial charge in [-0.2, -0.15) is 0 Å². The van der Waals surface area contributed by atoms with Crippen molar-refractivity contribution in [3.05, 3.63) is 23.9 Å². The third-order valence-corrected chi connectivity index (χ3v) is 3.84. The lowest BCUT2D eigenvalue weighted by molar-refractivity contribution is 0.0111. The van der Waals surface area contributed by atoms with Crippen LogP contribution in [0.4, 0.5) is 0 Å². The number of nitrogens with zero attached hydrogens (tertiary/aromatic N) is 3. The number of hydrogen-bond donors (Lipinski definition) is 1. The van der Waals surface area contributed by atoms with Crippen molar-refractivity contribution in [2.45, 2.75) is 13.0 Å². The highest BCUT2D eigenvalue weighted by Crippen LogP contribution is 2.17. The highest BCUT2D eigenvalue weighted by molar-refractivity contribution is 5.96. The first-order valence-corrected chi connectivity index (χ1v) is 7.92. The molecule has 1 aromatic rings. The highest BCUT2D eigenvalue weighted by atomic mass is 16.5. The van der Waals surface area contributed by atoms with E-state index in [9.17, 15) is 9.90 Å². The Morgan fingerprint density at radius 3 is 2.78 bits per heavy atom. The number of pyridine rings is 1. The van der Waals surface area contributed by atoms with Gasteiger partial charge >= 0.3 is 0 Å². The number of rotatable bonds is 7. The van der Waals surface area contributed by atoms with Crippen LogP contribution in [0.3, 0.4) is 0 Å². The third-order valence-electron chi connectivity index (χ3n) is 3.84. The number of β-amino-alcohol motifs (C(OH)–C–C–N with tert-alkyl or cyclic N) is 1. The number of methoxy groups -OCH3 is 1. The smallest absolute Gasteiger partial charge is 0.259 e. The third kappa shape index (κ3) is 4.89. The molecule has 0 radical (unpaired) electrons. The number of carbonyl (C=O) groups excluding carboxylic acids is 1. The van der Waals surface area contributed by atoms with E-state index in [0.29, 0.717) is 44.3 Å². The lowest BCUT2D eigenvalue weighted by Crippen LogP contribution is -2.50. The van der Waals surface area contributed by atoms with E-state index in [0.717, 1.165) is 13.1 Å². The minimum Gasteiger partial charge on any atom is -0.480 e. The molecule has 2 heterocycles. The molecule has 1 atom stereocenters. The average molecular weight is 323 g/mol. The first kappa shape index (κ1) is 17.7. The molecule has 1 N–H and O–H groups in total. The maximum absolute atomic E-state index is 12.6. The summed E-state index contributed by atoms with van der Waals surface area (Å²) >= 11 is 0. The van der Waals surface area contributed by atoms with Crippen LogP contribution in [0.2, 0.25) is 0 Å². The minimum atomic E-state index is -0.490. The summed E-state index contributed by atoms with van der Waals surface area (Å²) in [5, 5.41) is 9.88. The largest absolute Gasteiger partial charge is 0.480 e. The average Bonchev–Trinajstić information content (AvgIpc) is 2.60. The zero-order valence-corrected chi connectivity index (χ0v) is 13.8. The fourth-order valence-electron chi connectivity index (χ4n) is 2.62. The van der Waals surface area contributed by atoms with E-state index in [1.807, 2.05) is 6.92 Å². The quantitative estimate of drug-likeness (QED) is 0.775. The minimum absolute atomic E-state index is 0.0653. The van der Waals surface area contributed by atoms with E-state index in [1.54, 1.807) is 23.2 Å². The van der Waals surface area contributed by atoms with Crippen LogP contribution in [0.15, 0.2) is 18.3 Å². The zero-order chi connectivity index (χ0) is 16.7. The monoisotopic (exact) mass is 323 g/mol. The van der Waals surface area contributed by atoms with Crippen molar-refractivity contribution in [3.63, 3.8) is 0 Å². The molecule has 2 rings (SSSR count). The van der Waals surface area contributed by atoms with Crippen LogP contribution in [-0.4, -0.2) is 84.9 Å². The van der Waals surface area contributed by atoms with Crippen LogP contribution in [0.5, 0.6) is 5.88 Å². The van der Waals surface area contributed by atoms with Gasteiger partial charge in [0.15, 0.2) is 0 Å². The van der Waals surface area contributed by atoms with Gasteiger partial charge in [0.25, 0.3) is 5.91 Å². The fraction of sp³-hybridized carbons (Fsp3) is 0.625. The molecule has 1 fully saturated rings. The first-order chi connectivity index (χ1) is 11.2. The van der Waals surface area contributed by atoms with E-state index in [-0.39, 0.29) is 5.91 Å². The second kappa shape index (κ2) is 8.81. The molecule has 0 saturated carbocycles. The Balaban J connectivity index is 1.85. The molecule has 128 valence electrons. The van der Waals surface area contributed by atoms with Gasteiger partial charge in [0.1, 0.15) is 5.56 Å². The van der Waals surface area contributed by atoms with Gasteiger partial charge in [0.05, 0.1) is 19.8 Å². The molecule has 23 heavy (non-hydrogen) atoms. The highest BCUT2D eigenvalue weighted by Gasteiger charge is 2.25. The molecule has 0 spiro atoms. The molecular weight excluding hydrogens is 298 g/mol. The Kier molecular flexibility index (Phi) is 6.76. The SMILES string of the molecule is CCOC[C@@H](O)CN1CCN(C(=O)c2cccnc2OC)CC1. The topological polar surface area (TPSA) is 75.1 Å². The Labute approximate surface area is 136 Å². The predicted octanol–water partition coefficient (Wildman–Crippen LogP) is 0.245. The van der Waals surface area contributed by atoms with Crippen LogP contribution < -0.4 is 4.74 Å². The Morgan fingerprint density at radius 1 is 1.39 bits per heavy atom. The number of ether oxygens (including phenoxy) is 2. The second-order valence-electron chi connectivity index (χ2n) is 5.47. The zero-order valence-electron chi connectivity index (χ0n) is 13.8. The fourth-order valence-corrected chi connectivity index (χ4v) is 2.62. The molecule has 0 unspecified atom stereocenters. The van der Waals surface area contributed by atoms with E-state index >= 15 is 0 Å². The molecule has 1 aliphatic heterocycles. The number of hydrogen-bond acceptors (Lipinski definition) is 6. The van der Waals surface area contributed by atoms with Gasteiger partial charge in [-0.15, -0.1) is 0 Å². The van der Waals surface area contributed by atoms with Gasteiger partial charge < -0.3 is 19.5 Å².